The minimum Gasteiger partial charge on any atom is -0.373 e. The molecule has 1 N–H and O–H groups in total. The fraction of sp³-hybridized carbons (Fsp3) is 0.800. The topological polar surface area (TPSA) is 41.1 Å². The quantitative estimate of drug-likeness (QED) is 0.910. The molecule has 0 bridgehead atoms. The van der Waals surface area contributed by atoms with Gasteiger partial charge in [-0.15, -0.1) is 0 Å². The zero-order valence-electron chi connectivity index (χ0n) is 12.1. The van der Waals surface area contributed by atoms with Crippen molar-refractivity contribution in [3.63, 3.8) is 0 Å². The van der Waals surface area contributed by atoms with Crippen LogP contribution in [0.5, 0.6) is 0 Å². The van der Waals surface area contributed by atoms with Crippen LogP contribution in [0.1, 0.15) is 38.8 Å². The molecular weight excluding hydrogens is 238 g/mol. The van der Waals surface area contributed by atoms with E-state index in [1.165, 1.54) is 31.5 Å². The van der Waals surface area contributed by atoms with Crippen molar-refractivity contribution in [1.82, 2.24) is 14.9 Å². The molecule has 1 spiro atoms. The summed E-state index contributed by atoms with van der Waals surface area (Å²) < 4.78 is 6.24. The molecule has 3 rings (SSSR count). The van der Waals surface area contributed by atoms with Crippen molar-refractivity contribution in [3.05, 3.63) is 18.2 Å². The van der Waals surface area contributed by atoms with Crippen molar-refractivity contribution in [3.8, 4) is 0 Å². The van der Waals surface area contributed by atoms with Gasteiger partial charge in [-0.05, 0) is 37.6 Å². The lowest BCUT2D eigenvalue weighted by atomic mass is 9.83. The van der Waals surface area contributed by atoms with Gasteiger partial charge in [0.05, 0.1) is 18.5 Å². The number of ether oxygens (including phenoxy) is 1. The molecule has 1 aromatic rings. The van der Waals surface area contributed by atoms with Crippen molar-refractivity contribution < 1.29 is 4.74 Å². The van der Waals surface area contributed by atoms with Gasteiger partial charge in [-0.2, -0.15) is 0 Å². The Morgan fingerprint density at radius 2 is 2.47 bits per heavy atom. The molecule has 0 saturated carbocycles. The standard InChI is InChI=1S/C15H25N3O/c1-12(2)13-6-15(19-9-13)4-3-5-18(10-15)8-14-7-16-11-17-14/h7,11-13H,3-6,8-10H2,1-2H3,(H,16,17). The Balaban J connectivity index is 1.62. The van der Waals surface area contributed by atoms with Crippen LogP contribution in [-0.2, 0) is 11.3 Å². The molecule has 19 heavy (non-hydrogen) atoms. The Kier molecular flexibility index (Phi) is 3.63. The lowest BCUT2D eigenvalue weighted by molar-refractivity contribution is -0.0538. The van der Waals surface area contributed by atoms with Crippen LogP contribution in [0.4, 0.5) is 0 Å². The number of aromatic amines is 1. The van der Waals surface area contributed by atoms with Gasteiger partial charge in [0.15, 0.2) is 0 Å². The fourth-order valence-corrected chi connectivity index (χ4v) is 3.53. The summed E-state index contributed by atoms with van der Waals surface area (Å²) >= 11 is 0. The van der Waals surface area contributed by atoms with Gasteiger partial charge in [0.25, 0.3) is 0 Å². The van der Waals surface area contributed by atoms with Gasteiger partial charge in [0.1, 0.15) is 0 Å². The molecule has 2 aliphatic rings. The van der Waals surface area contributed by atoms with Crippen LogP contribution in [0, 0.1) is 11.8 Å². The number of imidazole rings is 1. The van der Waals surface area contributed by atoms with Crippen LogP contribution >= 0.6 is 0 Å². The second kappa shape index (κ2) is 5.25. The first-order valence-corrected chi connectivity index (χ1v) is 7.50. The summed E-state index contributed by atoms with van der Waals surface area (Å²) in [4.78, 5) is 9.81. The summed E-state index contributed by atoms with van der Waals surface area (Å²) in [5.74, 6) is 1.48. The molecule has 106 valence electrons. The molecule has 2 aliphatic heterocycles. The SMILES string of the molecule is CC(C)C1COC2(CCCN(Cc3cnc[nH]3)C2)C1. The minimum atomic E-state index is 0.132. The Hall–Kier alpha value is -0.870. The lowest BCUT2D eigenvalue weighted by Gasteiger charge is -2.39. The molecule has 4 heteroatoms. The number of hydrogen-bond acceptors (Lipinski definition) is 3. The average molecular weight is 263 g/mol. The van der Waals surface area contributed by atoms with Crippen molar-refractivity contribution >= 4 is 0 Å². The fourth-order valence-electron chi connectivity index (χ4n) is 3.53. The van der Waals surface area contributed by atoms with Crippen LogP contribution in [0.15, 0.2) is 12.5 Å². The second-order valence-corrected chi connectivity index (χ2v) is 6.59. The van der Waals surface area contributed by atoms with Gasteiger partial charge in [-0.25, -0.2) is 4.98 Å². The maximum Gasteiger partial charge on any atom is 0.0922 e. The Labute approximate surface area is 115 Å². The van der Waals surface area contributed by atoms with Gasteiger partial charge in [-0.1, -0.05) is 13.8 Å². The largest absolute Gasteiger partial charge is 0.373 e. The van der Waals surface area contributed by atoms with Crippen molar-refractivity contribution in [2.45, 2.75) is 45.3 Å². The van der Waals surface area contributed by atoms with E-state index in [-0.39, 0.29) is 5.60 Å². The third-order valence-corrected chi connectivity index (χ3v) is 4.75. The molecule has 2 atom stereocenters. The molecule has 2 saturated heterocycles. The molecule has 2 fully saturated rings. The first-order valence-electron chi connectivity index (χ1n) is 7.50. The zero-order valence-corrected chi connectivity index (χ0v) is 12.1. The predicted molar refractivity (Wildman–Crippen MR) is 74.7 cm³/mol. The Morgan fingerprint density at radius 1 is 1.58 bits per heavy atom. The van der Waals surface area contributed by atoms with Crippen molar-refractivity contribution in [1.29, 1.82) is 0 Å². The lowest BCUT2D eigenvalue weighted by Crippen LogP contribution is -2.47. The Bertz CT molecular complexity index is 404. The predicted octanol–water partition coefficient (Wildman–Crippen LogP) is 2.44. The maximum atomic E-state index is 6.24. The molecule has 0 aliphatic carbocycles. The van der Waals surface area contributed by atoms with E-state index in [0.29, 0.717) is 0 Å². The van der Waals surface area contributed by atoms with E-state index >= 15 is 0 Å². The van der Waals surface area contributed by atoms with Crippen LogP contribution in [0.3, 0.4) is 0 Å². The zero-order chi connectivity index (χ0) is 13.3. The summed E-state index contributed by atoms with van der Waals surface area (Å²) in [5.41, 5.74) is 1.34. The number of likely N-dealkylation sites (tertiary alicyclic amines) is 1. The minimum absolute atomic E-state index is 0.132. The smallest absolute Gasteiger partial charge is 0.0922 e. The van der Waals surface area contributed by atoms with E-state index in [0.717, 1.165) is 31.5 Å². The normalized spacial score (nSPS) is 32.5. The van der Waals surface area contributed by atoms with E-state index in [9.17, 15) is 0 Å². The highest BCUT2D eigenvalue weighted by atomic mass is 16.5. The number of rotatable bonds is 3. The monoisotopic (exact) mass is 263 g/mol. The molecule has 4 nitrogen and oxygen atoms in total. The molecule has 3 heterocycles. The first-order chi connectivity index (χ1) is 9.17. The summed E-state index contributed by atoms with van der Waals surface area (Å²) in [5, 5.41) is 0. The van der Waals surface area contributed by atoms with Crippen molar-refractivity contribution in [2.75, 3.05) is 19.7 Å². The molecule has 0 aromatic carbocycles. The third kappa shape index (κ3) is 2.84. The summed E-state index contributed by atoms with van der Waals surface area (Å²) in [6, 6.07) is 0. The van der Waals surface area contributed by atoms with Crippen molar-refractivity contribution in [2.24, 2.45) is 11.8 Å². The number of aromatic nitrogens is 2. The Morgan fingerprint density at radius 3 is 3.16 bits per heavy atom. The van der Waals surface area contributed by atoms with Crippen LogP contribution in [0.2, 0.25) is 0 Å². The highest BCUT2D eigenvalue weighted by Gasteiger charge is 2.43. The first kappa shape index (κ1) is 13.1. The third-order valence-electron chi connectivity index (χ3n) is 4.75. The average Bonchev–Trinajstić information content (AvgIpc) is 3.00. The van der Waals surface area contributed by atoms with E-state index in [2.05, 4.69) is 28.7 Å². The summed E-state index contributed by atoms with van der Waals surface area (Å²) in [6.45, 7) is 8.81. The summed E-state index contributed by atoms with van der Waals surface area (Å²) in [6.07, 6.45) is 7.41. The second-order valence-electron chi connectivity index (χ2n) is 6.59. The maximum absolute atomic E-state index is 6.24. The molecule has 2 unspecified atom stereocenters. The van der Waals surface area contributed by atoms with E-state index < -0.39 is 0 Å². The highest BCUT2D eigenvalue weighted by Crippen LogP contribution is 2.40. The van der Waals surface area contributed by atoms with E-state index in [1.807, 2.05) is 6.20 Å². The summed E-state index contributed by atoms with van der Waals surface area (Å²) in [7, 11) is 0. The van der Waals surface area contributed by atoms with E-state index in [1.54, 1.807) is 6.33 Å². The molecular formula is C15H25N3O. The van der Waals surface area contributed by atoms with Gasteiger partial charge in [0.2, 0.25) is 0 Å². The highest BCUT2D eigenvalue weighted by molar-refractivity contribution is 4.99. The number of nitrogens with one attached hydrogen (secondary N) is 1. The van der Waals surface area contributed by atoms with Crippen LogP contribution in [-0.4, -0.2) is 40.2 Å². The van der Waals surface area contributed by atoms with Crippen LogP contribution < -0.4 is 0 Å². The van der Waals surface area contributed by atoms with Gasteiger partial charge in [0, 0.05) is 25.0 Å². The number of nitrogens with zero attached hydrogens (tertiary/aromatic N) is 2. The molecule has 0 amide bonds. The van der Waals surface area contributed by atoms with E-state index in [4.69, 9.17) is 4.74 Å². The molecule has 1 aromatic heterocycles. The number of H-pyrrole nitrogens is 1. The molecule has 0 radical (unpaired) electrons. The number of piperidine rings is 1. The van der Waals surface area contributed by atoms with Crippen LogP contribution in [0.25, 0.3) is 0 Å². The van der Waals surface area contributed by atoms with Gasteiger partial charge in [-0.3, -0.25) is 4.90 Å². The number of hydrogen-bond donors (Lipinski definition) is 1. The van der Waals surface area contributed by atoms with Gasteiger partial charge < -0.3 is 9.72 Å². The van der Waals surface area contributed by atoms with Gasteiger partial charge >= 0.3 is 0 Å².